The summed E-state index contributed by atoms with van der Waals surface area (Å²) >= 11 is 0. The molecule has 2 aromatic carbocycles. The van der Waals surface area contributed by atoms with Crippen molar-refractivity contribution in [3.63, 3.8) is 0 Å². The molecule has 0 aliphatic heterocycles. The zero-order valence-corrected chi connectivity index (χ0v) is 15.7. The van der Waals surface area contributed by atoms with E-state index in [1.165, 1.54) is 0 Å². The molecular formula is C22H29N3O. The summed E-state index contributed by atoms with van der Waals surface area (Å²) in [4.78, 5) is 15.2. The van der Waals surface area contributed by atoms with Crippen molar-refractivity contribution in [2.75, 3.05) is 0 Å². The summed E-state index contributed by atoms with van der Waals surface area (Å²) in [6.07, 6.45) is 3.00. The highest BCUT2D eigenvalue weighted by atomic mass is 16.2. The van der Waals surface area contributed by atoms with Gasteiger partial charge in [0.1, 0.15) is 11.3 Å². The molecule has 4 heteroatoms. The fourth-order valence-corrected chi connectivity index (χ4v) is 3.70. The predicted octanol–water partition coefficient (Wildman–Crippen LogP) is 3.67. The van der Waals surface area contributed by atoms with Gasteiger partial charge in [-0.05, 0) is 36.8 Å². The highest BCUT2D eigenvalue weighted by molar-refractivity contribution is 5.83. The summed E-state index contributed by atoms with van der Waals surface area (Å²) in [6.45, 7) is 4.03. The highest BCUT2D eigenvalue weighted by Crippen LogP contribution is 2.42. The molecule has 4 N–H and O–H groups in total. The average molecular weight is 351 g/mol. The summed E-state index contributed by atoms with van der Waals surface area (Å²) in [5.41, 5.74) is 13.8. The number of rotatable bonds is 7. The van der Waals surface area contributed by atoms with Gasteiger partial charge in [-0.1, -0.05) is 74.5 Å². The van der Waals surface area contributed by atoms with E-state index >= 15 is 0 Å². The van der Waals surface area contributed by atoms with Gasteiger partial charge in [-0.15, -0.1) is 0 Å². The summed E-state index contributed by atoms with van der Waals surface area (Å²) in [5.74, 6) is 0.0952. The first-order valence-electron chi connectivity index (χ1n) is 9.50. The van der Waals surface area contributed by atoms with Crippen LogP contribution in [0.5, 0.6) is 0 Å². The minimum atomic E-state index is -0.957. The Bertz CT molecular complexity index is 691. The minimum absolute atomic E-state index is 0.0337. The molecule has 3 rings (SSSR count). The highest BCUT2D eigenvalue weighted by Gasteiger charge is 2.51. The molecule has 0 aromatic heterocycles. The van der Waals surface area contributed by atoms with E-state index in [1.807, 2.05) is 74.5 Å². The van der Waals surface area contributed by atoms with Crippen molar-refractivity contribution in [3.8, 4) is 0 Å². The maximum atomic E-state index is 13.4. The second kappa shape index (κ2) is 7.22. The molecule has 26 heavy (non-hydrogen) atoms. The zero-order valence-electron chi connectivity index (χ0n) is 15.7. The maximum absolute atomic E-state index is 13.4. The molecule has 2 atom stereocenters. The molecule has 0 heterocycles. The van der Waals surface area contributed by atoms with Gasteiger partial charge in [-0.25, -0.2) is 0 Å². The lowest BCUT2D eigenvalue weighted by Gasteiger charge is -2.51. The summed E-state index contributed by atoms with van der Waals surface area (Å²) in [5, 5.41) is 0. The predicted molar refractivity (Wildman–Crippen MR) is 105 cm³/mol. The Balaban J connectivity index is 2.17. The zero-order chi connectivity index (χ0) is 18.8. The molecule has 1 aliphatic rings. The molecule has 1 aliphatic carbocycles. The molecule has 1 fully saturated rings. The van der Waals surface area contributed by atoms with Gasteiger partial charge >= 0.3 is 0 Å². The Morgan fingerprint density at radius 1 is 0.885 bits per heavy atom. The van der Waals surface area contributed by atoms with Crippen molar-refractivity contribution >= 4 is 5.91 Å². The standard InChI is InChI=1S/C22H29N3O/c1-3-21(23,18-11-7-5-8-12-18)25(20(26)17-15-16-17)22(24,4-2)19-13-9-6-10-14-19/h5-14,17H,3-4,15-16,23-24H2,1-2H3. The van der Waals surface area contributed by atoms with Gasteiger partial charge in [0.05, 0.1) is 0 Å². The van der Waals surface area contributed by atoms with E-state index in [0.717, 1.165) is 24.0 Å². The number of carbonyl (C=O) groups excluding carboxylic acids is 1. The van der Waals surface area contributed by atoms with Crippen LogP contribution in [0.4, 0.5) is 0 Å². The van der Waals surface area contributed by atoms with Crippen LogP contribution in [-0.4, -0.2) is 10.8 Å². The monoisotopic (exact) mass is 351 g/mol. The molecule has 0 saturated heterocycles. The quantitative estimate of drug-likeness (QED) is 0.748. The smallest absolute Gasteiger partial charge is 0.229 e. The maximum Gasteiger partial charge on any atom is 0.229 e. The van der Waals surface area contributed by atoms with E-state index in [1.54, 1.807) is 4.90 Å². The van der Waals surface area contributed by atoms with Crippen molar-refractivity contribution in [1.29, 1.82) is 0 Å². The van der Waals surface area contributed by atoms with Crippen molar-refractivity contribution < 1.29 is 4.79 Å². The number of hydrogen-bond donors (Lipinski definition) is 2. The van der Waals surface area contributed by atoms with E-state index in [2.05, 4.69) is 0 Å². The number of benzene rings is 2. The molecule has 0 radical (unpaired) electrons. The van der Waals surface area contributed by atoms with Crippen LogP contribution in [0.15, 0.2) is 60.7 Å². The van der Waals surface area contributed by atoms with Crippen LogP contribution in [0.3, 0.4) is 0 Å². The van der Waals surface area contributed by atoms with Gasteiger partial charge in [0.25, 0.3) is 0 Å². The van der Waals surface area contributed by atoms with Crippen LogP contribution in [0, 0.1) is 5.92 Å². The summed E-state index contributed by atoms with van der Waals surface area (Å²) < 4.78 is 0. The van der Waals surface area contributed by atoms with Crippen molar-refractivity contribution in [3.05, 3.63) is 71.8 Å². The first-order chi connectivity index (χ1) is 12.5. The lowest BCUT2D eigenvalue weighted by Crippen LogP contribution is -2.67. The first kappa shape index (κ1) is 18.6. The molecule has 4 nitrogen and oxygen atoms in total. The van der Waals surface area contributed by atoms with Crippen LogP contribution < -0.4 is 11.5 Å². The number of amides is 1. The third kappa shape index (κ3) is 3.15. The Morgan fingerprint density at radius 2 is 1.27 bits per heavy atom. The second-order valence-electron chi connectivity index (χ2n) is 7.24. The summed E-state index contributed by atoms with van der Waals surface area (Å²) in [7, 11) is 0. The van der Waals surface area contributed by atoms with Crippen molar-refractivity contribution in [2.45, 2.75) is 50.9 Å². The number of carbonyl (C=O) groups is 1. The first-order valence-corrected chi connectivity index (χ1v) is 9.50. The van der Waals surface area contributed by atoms with E-state index in [9.17, 15) is 4.79 Å². The fraction of sp³-hybridized carbons (Fsp3) is 0.409. The van der Waals surface area contributed by atoms with Crippen LogP contribution >= 0.6 is 0 Å². The number of hydrogen-bond acceptors (Lipinski definition) is 3. The Labute approximate surface area is 156 Å². The number of nitrogens with two attached hydrogens (primary N) is 2. The third-order valence-corrected chi connectivity index (χ3v) is 5.57. The minimum Gasteiger partial charge on any atom is -0.305 e. The van der Waals surface area contributed by atoms with Gasteiger partial charge in [0, 0.05) is 5.92 Å². The molecule has 138 valence electrons. The third-order valence-electron chi connectivity index (χ3n) is 5.57. The lowest BCUT2D eigenvalue weighted by molar-refractivity contribution is -0.152. The average Bonchev–Trinajstić information content (AvgIpc) is 3.54. The van der Waals surface area contributed by atoms with E-state index in [0.29, 0.717) is 12.8 Å². The van der Waals surface area contributed by atoms with Gasteiger partial charge in [0.15, 0.2) is 0 Å². The van der Waals surface area contributed by atoms with Crippen LogP contribution in [0.25, 0.3) is 0 Å². The normalized spacial score (nSPS) is 18.6. The van der Waals surface area contributed by atoms with Gasteiger partial charge < -0.3 is 11.5 Å². The fourth-order valence-electron chi connectivity index (χ4n) is 3.70. The van der Waals surface area contributed by atoms with Crippen molar-refractivity contribution in [1.82, 2.24) is 4.90 Å². The molecule has 2 unspecified atom stereocenters. The molecule has 0 spiro atoms. The Morgan fingerprint density at radius 3 is 1.58 bits per heavy atom. The lowest BCUT2D eigenvalue weighted by atomic mass is 9.86. The van der Waals surface area contributed by atoms with Crippen LogP contribution in [-0.2, 0) is 16.1 Å². The van der Waals surface area contributed by atoms with Crippen LogP contribution in [0.1, 0.15) is 50.7 Å². The van der Waals surface area contributed by atoms with Gasteiger partial charge in [0.2, 0.25) is 5.91 Å². The van der Waals surface area contributed by atoms with E-state index < -0.39 is 11.3 Å². The Kier molecular flexibility index (Phi) is 5.17. The SMILES string of the molecule is CCC(N)(c1ccccc1)N(C(=O)C1CC1)C(N)(CC)c1ccccc1. The van der Waals surface area contributed by atoms with Gasteiger partial charge in [-0.3, -0.25) is 9.69 Å². The Hall–Kier alpha value is -2.17. The van der Waals surface area contributed by atoms with Crippen molar-refractivity contribution in [2.24, 2.45) is 17.4 Å². The summed E-state index contributed by atoms with van der Waals surface area (Å²) in [6, 6.07) is 19.7. The largest absolute Gasteiger partial charge is 0.305 e. The van der Waals surface area contributed by atoms with E-state index in [4.69, 9.17) is 11.5 Å². The van der Waals surface area contributed by atoms with Gasteiger partial charge in [-0.2, -0.15) is 0 Å². The molecule has 0 bridgehead atoms. The van der Waals surface area contributed by atoms with E-state index in [-0.39, 0.29) is 11.8 Å². The number of nitrogens with zero attached hydrogens (tertiary/aromatic N) is 1. The topological polar surface area (TPSA) is 72.3 Å². The molecular weight excluding hydrogens is 322 g/mol. The van der Waals surface area contributed by atoms with Crippen LogP contribution in [0.2, 0.25) is 0 Å². The molecule has 1 amide bonds. The molecule has 1 saturated carbocycles. The second-order valence-corrected chi connectivity index (χ2v) is 7.24. The molecule has 2 aromatic rings.